The predicted octanol–water partition coefficient (Wildman–Crippen LogP) is 3.63. The lowest BCUT2D eigenvalue weighted by Gasteiger charge is -2.22. The second kappa shape index (κ2) is 11.5. The van der Waals surface area contributed by atoms with Crippen molar-refractivity contribution >= 4 is 33.2 Å². The molecule has 0 aliphatic heterocycles. The predicted molar refractivity (Wildman–Crippen MR) is 136 cm³/mol. The molecule has 34 heavy (non-hydrogen) atoms. The van der Waals surface area contributed by atoms with Crippen molar-refractivity contribution in [2.75, 3.05) is 29.0 Å². The fourth-order valence-corrected chi connectivity index (χ4v) is 4.32. The van der Waals surface area contributed by atoms with Gasteiger partial charge < -0.3 is 10.6 Å². The topological polar surface area (TPSA) is 95.6 Å². The van der Waals surface area contributed by atoms with Crippen LogP contribution in [0.1, 0.15) is 28.4 Å². The molecule has 0 aliphatic rings. The zero-order valence-corrected chi connectivity index (χ0v) is 20.1. The molecular formula is C26H29N3O4S. The Morgan fingerprint density at radius 1 is 0.853 bits per heavy atom. The molecule has 0 atom stereocenters. The van der Waals surface area contributed by atoms with Crippen LogP contribution in [-0.4, -0.2) is 39.6 Å². The second-order valence-electron chi connectivity index (χ2n) is 7.87. The SMILES string of the molecule is CCc1ccc(N(CC(=O)Nc2ccccc2C(=O)NCCc2ccccc2)S(C)(=O)=O)cc1. The molecule has 7 nitrogen and oxygen atoms in total. The van der Waals surface area contributed by atoms with Gasteiger partial charge >= 0.3 is 0 Å². The smallest absolute Gasteiger partial charge is 0.253 e. The number of anilines is 2. The number of aryl methyl sites for hydroxylation is 1. The number of amides is 2. The normalized spacial score (nSPS) is 11.0. The number of hydrogen-bond donors (Lipinski definition) is 2. The monoisotopic (exact) mass is 479 g/mol. The van der Waals surface area contributed by atoms with Crippen molar-refractivity contribution < 1.29 is 18.0 Å². The van der Waals surface area contributed by atoms with E-state index in [1.54, 1.807) is 36.4 Å². The number of carbonyl (C=O) groups excluding carboxylic acids is 2. The molecule has 2 amide bonds. The molecule has 0 radical (unpaired) electrons. The third kappa shape index (κ3) is 6.92. The molecule has 178 valence electrons. The summed E-state index contributed by atoms with van der Waals surface area (Å²) < 4.78 is 25.8. The molecule has 0 saturated heterocycles. The number of nitrogens with one attached hydrogen (secondary N) is 2. The summed E-state index contributed by atoms with van der Waals surface area (Å²) in [6, 6.07) is 23.5. The average molecular weight is 480 g/mol. The molecule has 0 bridgehead atoms. The number of hydrogen-bond acceptors (Lipinski definition) is 4. The number of rotatable bonds is 10. The lowest BCUT2D eigenvalue weighted by molar-refractivity contribution is -0.114. The van der Waals surface area contributed by atoms with Gasteiger partial charge in [-0.15, -0.1) is 0 Å². The fraction of sp³-hybridized carbons (Fsp3) is 0.231. The number of benzene rings is 3. The average Bonchev–Trinajstić information content (AvgIpc) is 2.83. The number of nitrogens with zero attached hydrogens (tertiary/aromatic N) is 1. The van der Waals surface area contributed by atoms with E-state index in [4.69, 9.17) is 0 Å². The highest BCUT2D eigenvalue weighted by Gasteiger charge is 2.22. The van der Waals surface area contributed by atoms with Crippen LogP contribution in [0, 0.1) is 0 Å². The van der Waals surface area contributed by atoms with E-state index in [1.807, 2.05) is 49.4 Å². The third-order valence-electron chi connectivity index (χ3n) is 5.31. The van der Waals surface area contributed by atoms with E-state index in [2.05, 4.69) is 10.6 Å². The Morgan fingerprint density at radius 3 is 2.15 bits per heavy atom. The fourth-order valence-electron chi connectivity index (χ4n) is 3.47. The highest BCUT2D eigenvalue weighted by Crippen LogP contribution is 2.20. The second-order valence-corrected chi connectivity index (χ2v) is 9.78. The lowest BCUT2D eigenvalue weighted by Crippen LogP contribution is -2.37. The Bertz CT molecular complexity index is 1230. The van der Waals surface area contributed by atoms with Crippen molar-refractivity contribution in [2.24, 2.45) is 0 Å². The first-order valence-electron chi connectivity index (χ1n) is 11.1. The molecule has 3 aromatic rings. The van der Waals surface area contributed by atoms with Crippen molar-refractivity contribution in [3.63, 3.8) is 0 Å². The maximum atomic E-state index is 12.8. The summed E-state index contributed by atoms with van der Waals surface area (Å²) in [5.41, 5.74) is 3.20. The molecule has 2 N–H and O–H groups in total. The highest BCUT2D eigenvalue weighted by atomic mass is 32.2. The lowest BCUT2D eigenvalue weighted by atomic mass is 10.1. The first-order valence-corrected chi connectivity index (χ1v) is 12.9. The van der Waals surface area contributed by atoms with E-state index in [1.165, 1.54) is 0 Å². The van der Waals surface area contributed by atoms with Gasteiger partial charge in [-0.1, -0.05) is 61.5 Å². The molecule has 0 aliphatic carbocycles. The molecule has 3 aromatic carbocycles. The summed E-state index contributed by atoms with van der Waals surface area (Å²) in [6.07, 6.45) is 2.56. The molecule has 0 aromatic heterocycles. The van der Waals surface area contributed by atoms with Gasteiger partial charge in [-0.3, -0.25) is 13.9 Å². The van der Waals surface area contributed by atoms with E-state index >= 15 is 0 Å². The number of para-hydroxylation sites is 1. The maximum absolute atomic E-state index is 12.8. The Kier molecular flexibility index (Phi) is 8.43. The van der Waals surface area contributed by atoms with Crippen molar-refractivity contribution in [1.82, 2.24) is 5.32 Å². The molecule has 0 fully saturated rings. The minimum absolute atomic E-state index is 0.308. The van der Waals surface area contributed by atoms with Crippen molar-refractivity contribution in [1.29, 1.82) is 0 Å². The van der Waals surface area contributed by atoms with E-state index in [0.717, 1.165) is 28.1 Å². The summed E-state index contributed by atoms with van der Waals surface area (Å²) in [5.74, 6) is -0.864. The maximum Gasteiger partial charge on any atom is 0.253 e. The summed E-state index contributed by atoms with van der Waals surface area (Å²) >= 11 is 0. The van der Waals surface area contributed by atoms with E-state index in [0.29, 0.717) is 29.9 Å². The van der Waals surface area contributed by atoms with Gasteiger partial charge in [0.05, 0.1) is 23.2 Å². The van der Waals surface area contributed by atoms with Crippen molar-refractivity contribution in [3.8, 4) is 0 Å². The number of carbonyl (C=O) groups is 2. The Morgan fingerprint density at radius 2 is 1.50 bits per heavy atom. The Balaban J connectivity index is 1.68. The number of sulfonamides is 1. The van der Waals surface area contributed by atoms with Gasteiger partial charge in [-0.25, -0.2) is 8.42 Å². The van der Waals surface area contributed by atoms with Crippen molar-refractivity contribution in [2.45, 2.75) is 19.8 Å². The molecule has 0 spiro atoms. The first kappa shape index (κ1) is 25.0. The summed E-state index contributed by atoms with van der Waals surface area (Å²) in [4.78, 5) is 25.5. The standard InChI is InChI=1S/C26H29N3O4S/c1-3-20-13-15-22(16-14-20)29(34(2,32)33)19-25(30)28-24-12-8-7-11-23(24)26(31)27-18-17-21-9-5-4-6-10-21/h4-16H,3,17-19H2,1-2H3,(H,27,31)(H,28,30). The molecule has 8 heteroatoms. The van der Waals surface area contributed by atoms with Gasteiger partial charge in [-0.2, -0.15) is 0 Å². The van der Waals surface area contributed by atoms with Crippen LogP contribution in [-0.2, 0) is 27.7 Å². The van der Waals surface area contributed by atoms with Crippen LogP contribution in [0.3, 0.4) is 0 Å². The van der Waals surface area contributed by atoms with Crippen molar-refractivity contribution in [3.05, 3.63) is 95.6 Å². The molecule has 3 rings (SSSR count). The zero-order valence-electron chi connectivity index (χ0n) is 19.3. The van der Waals surface area contributed by atoms with Crippen LogP contribution in [0.25, 0.3) is 0 Å². The third-order valence-corrected chi connectivity index (χ3v) is 6.45. The minimum Gasteiger partial charge on any atom is -0.352 e. The molecular weight excluding hydrogens is 450 g/mol. The Hall–Kier alpha value is -3.65. The van der Waals surface area contributed by atoms with Gasteiger partial charge in [0.15, 0.2) is 0 Å². The van der Waals surface area contributed by atoms with Gasteiger partial charge in [0.1, 0.15) is 6.54 Å². The summed E-state index contributed by atoms with van der Waals surface area (Å²) in [7, 11) is -3.70. The van der Waals surface area contributed by atoms with Gasteiger partial charge in [0.25, 0.3) is 5.91 Å². The Labute approximate surface area is 200 Å². The quantitative estimate of drug-likeness (QED) is 0.464. The van der Waals surface area contributed by atoms with Crippen LogP contribution in [0.2, 0.25) is 0 Å². The minimum atomic E-state index is -3.70. The highest BCUT2D eigenvalue weighted by molar-refractivity contribution is 7.92. The van der Waals surface area contributed by atoms with E-state index < -0.39 is 22.5 Å². The van der Waals surface area contributed by atoms with Crippen LogP contribution < -0.4 is 14.9 Å². The molecule has 0 unspecified atom stereocenters. The zero-order chi connectivity index (χ0) is 24.6. The summed E-state index contributed by atoms with van der Waals surface area (Å²) in [5, 5.41) is 5.55. The van der Waals surface area contributed by atoms with Gasteiger partial charge in [0.2, 0.25) is 15.9 Å². The van der Waals surface area contributed by atoms with Crippen LogP contribution in [0.5, 0.6) is 0 Å². The molecule has 0 saturated carbocycles. The summed E-state index contributed by atoms with van der Waals surface area (Å²) in [6.45, 7) is 2.04. The van der Waals surface area contributed by atoms with E-state index in [-0.39, 0.29) is 5.91 Å². The molecule has 0 heterocycles. The van der Waals surface area contributed by atoms with E-state index in [9.17, 15) is 18.0 Å². The van der Waals surface area contributed by atoms with Crippen LogP contribution in [0.4, 0.5) is 11.4 Å². The first-order chi connectivity index (χ1) is 16.3. The van der Waals surface area contributed by atoms with Crippen LogP contribution in [0.15, 0.2) is 78.9 Å². The van der Waals surface area contributed by atoms with Crippen LogP contribution >= 0.6 is 0 Å². The largest absolute Gasteiger partial charge is 0.352 e. The van der Waals surface area contributed by atoms with Gasteiger partial charge in [0, 0.05) is 6.54 Å². The van der Waals surface area contributed by atoms with Gasteiger partial charge in [-0.05, 0) is 48.2 Å².